The van der Waals surface area contributed by atoms with E-state index in [9.17, 15) is 0 Å². The van der Waals surface area contributed by atoms with E-state index < -0.39 is 0 Å². The van der Waals surface area contributed by atoms with Gasteiger partial charge < -0.3 is 0 Å². The summed E-state index contributed by atoms with van der Waals surface area (Å²) in [5.41, 5.74) is 1.56. The van der Waals surface area contributed by atoms with Crippen molar-refractivity contribution in [3.63, 3.8) is 0 Å². The second-order valence-corrected chi connectivity index (χ2v) is 5.00. The number of nitrogens with zero attached hydrogens (tertiary/aromatic N) is 4. The van der Waals surface area contributed by atoms with E-state index in [0.29, 0.717) is 15.6 Å². The highest BCUT2D eigenvalue weighted by atomic mass is 35.5. The van der Waals surface area contributed by atoms with Crippen molar-refractivity contribution in [2.75, 3.05) is 0 Å². The maximum absolute atomic E-state index is 6.01. The third-order valence-corrected chi connectivity index (χ3v) is 3.23. The van der Waals surface area contributed by atoms with Crippen molar-refractivity contribution in [1.29, 1.82) is 0 Å². The Bertz CT molecular complexity index is 838. The maximum atomic E-state index is 6.01. The highest BCUT2D eigenvalue weighted by molar-refractivity contribution is 7.71. The van der Waals surface area contributed by atoms with Gasteiger partial charge in [-0.15, -0.1) is 0 Å². The van der Waals surface area contributed by atoms with Crippen molar-refractivity contribution < 1.29 is 0 Å². The van der Waals surface area contributed by atoms with E-state index >= 15 is 0 Å². The van der Waals surface area contributed by atoms with Crippen molar-refractivity contribution in [3.05, 3.63) is 64.1 Å². The fourth-order valence-corrected chi connectivity index (χ4v) is 2.15. The van der Waals surface area contributed by atoms with Crippen LogP contribution in [0, 0.1) is 4.77 Å². The van der Waals surface area contributed by atoms with Gasteiger partial charge in [0.25, 0.3) is 0 Å². The first-order valence-corrected chi connectivity index (χ1v) is 6.91. The van der Waals surface area contributed by atoms with E-state index in [1.54, 1.807) is 24.5 Å². The Morgan fingerprint density at radius 3 is 2.90 bits per heavy atom. The lowest BCUT2D eigenvalue weighted by Gasteiger charge is -2.01. The van der Waals surface area contributed by atoms with Crippen LogP contribution in [0.15, 0.2) is 53.8 Å². The quantitative estimate of drug-likeness (QED) is 0.594. The van der Waals surface area contributed by atoms with Crippen LogP contribution in [-0.2, 0) is 0 Å². The minimum atomic E-state index is 0.400. The van der Waals surface area contributed by atoms with Crippen LogP contribution in [0.5, 0.6) is 0 Å². The lowest BCUT2D eigenvalue weighted by Crippen LogP contribution is -1.95. The molecule has 0 spiro atoms. The van der Waals surface area contributed by atoms with E-state index in [0.717, 1.165) is 11.3 Å². The van der Waals surface area contributed by atoms with Crippen LogP contribution in [0.1, 0.15) is 5.69 Å². The molecule has 1 N–H and O–H groups in total. The molecular formula is C14H10ClN5S. The van der Waals surface area contributed by atoms with Gasteiger partial charge in [-0.25, -0.2) is 5.10 Å². The van der Waals surface area contributed by atoms with Gasteiger partial charge in [-0.1, -0.05) is 29.8 Å². The molecule has 5 nitrogen and oxygen atoms in total. The van der Waals surface area contributed by atoms with E-state index in [4.69, 9.17) is 23.8 Å². The molecule has 0 unspecified atom stereocenters. The van der Waals surface area contributed by atoms with Crippen LogP contribution in [0.25, 0.3) is 11.4 Å². The van der Waals surface area contributed by atoms with Gasteiger partial charge >= 0.3 is 0 Å². The molecule has 0 bridgehead atoms. The Kier molecular flexibility index (Phi) is 3.89. The van der Waals surface area contributed by atoms with Gasteiger partial charge in [0.15, 0.2) is 5.82 Å². The van der Waals surface area contributed by atoms with Crippen LogP contribution in [0.4, 0.5) is 0 Å². The number of hydrogen-bond acceptors (Lipinski definition) is 4. The van der Waals surface area contributed by atoms with Gasteiger partial charge in [-0.05, 0) is 36.5 Å². The normalized spacial score (nSPS) is 11.1. The van der Waals surface area contributed by atoms with Crippen molar-refractivity contribution in [3.8, 4) is 11.4 Å². The maximum Gasteiger partial charge on any atom is 0.216 e. The predicted molar refractivity (Wildman–Crippen MR) is 85.1 cm³/mol. The average molecular weight is 316 g/mol. The summed E-state index contributed by atoms with van der Waals surface area (Å²) in [6.45, 7) is 0. The van der Waals surface area contributed by atoms with Gasteiger partial charge in [-0.3, -0.25) is 4.98 Å². The Labute approximate surface area is 130 Å². The lowest BCUT2D eigenvalue weighted by molar-refractivity contribution is 0.870. The Hall–Kier alpha value is -2.31. The monoisotopic (exact) mass is 315 g/mol. The molecule has 0 atom stereocenters. The number of H-pyrrole nitrogens is 1. The standard InChI is InChI=1S/C14H10ClN5S/c15-11-5-3-4-10(8-11)13-18-19-14(21)20(13)17-9-12-6-1-2-7-16-12/h1-9H,(H,19,21)/b17-9+. The minimum Gasteiger partial charge on any atom is -0.255 e. The highest BCUT2D eigenvalue weighted by Crippen LogP contribution is 2.20. The molecule has 2 aromatic heterocycles. The fraction of sp³-hybridized carbons (Fsp3) is 0. The molecule has 0 radical (unpaired) electrons. The number of aromatic amines is 1. The SMILES string of the molecule is S=c1[nH]nc(-c2cccc(Cl)c2)n1/N=C/c1ccccn1. The topological polar surface area (TPSA) is 58.9 Å². The van der Waals surface area contributed by atoms with Gasteiger partial charge in [-0.2, -0.15) is 14.9 Å². The Morgan fingerprint density at radius 2 is 2.14 bits per heavy atom. The zero-order chi connectivity index (χ0) is 14.7. The Morgan fingerprint density at radius 1 is 1.24 bits per heavy atom. The average Bonchev–Trinajstić information content (AvgIpc) is 2.87. The summed E-state index contributed by atoms with van der Waals surface area (Å²) in [5, 5.41) is 11.9. The number of nitrogens with one attached hydrogen (secondary N) is 1. The molecule has 104 valence electrons. The van der Waals surface area contributed by atoms with Crippen molar-refractivity contribution >= 4 is 30.0 Å². The van der Waals surface area contributed by atoms with Crippen molar-refractivity contribution in [2.24, 2.45) is 5.10 Å². The van der Waals surface area contributed by atoms with Gasteiger partial charge in [0.2, 0.25) is 4.77 Å². The van der Waals surface area contributed by atoms with Crippen LogP contribution in [-0.4, -0.2) is 26.1 Å². The van der Waals surface area contributed by atoms with E-state index in [2.05, 4.69) is 20.3 Å². The number of halogens is 1. The van der Waals surface area contributed by atoms with E-state index in [1.807, 2.05) is 30.3 Å². The molecule has 2 heterocycles. The summed E-state index contributed by atoms with van der Waals surface area (Å²) >= 11 is 11.2. The number of benzene rings is 1. The smallest absolute Gasteiger partial charge is 0.216 e. The summed E-state index contributed by atoms with van der Waals surface area (Å²) in [5.74, 6) is 0.592. The van der Waals surface area contributed by atoms with E-state index in [-0.39, 0.29) is 0 Å². The fourth-order valence-electron chi connectivity index (χ4n) is 1.78. The molecule has 21 heavy (non-hydrogen) atoms. The molecule has 7 heteroatoms. The zero-order valence-corrected chi connectivity index (χ0v) is 12.3. The zero-order valence-electron chi connectivity index (χ0n) is 10.8. The number of hydrogen-bond donors (Lipinski definition) is 1. The highest BCUT2D eigenvalue weighted by Gasteiger charge is 2.08. The first-order valence-electron chi connectivity index (χ1n) is 6.13. The lowest BCUT2D eigenvalue weighted by atomic mass is 10.2. The molecular weight excluding hydrogens is 306 g/mol. The second-order valence-electron chi connectivity index (χ2n) is 4.17. The summed E-state index contributed by atoms with van der Waals surface area (Å²) in [6.07, 6.45) is 3.33. The second kappa shape index (κ2) is 5.99. The summed E-state index contributed by atoms with van der Waals surface area (Å²) in [4.78, 5) is 4.18. The third kappa shape index (κ3) is 3.07. The molecule has 0 aliphatic heterocycles. The van der Waals surface area contributed by atoms with Crippen molar-refractivity contribution in [1.82, 2.24) is 19.9 Å². The third-order valence-electron chi connectivity index (χ3n) is 2.73. The summed E-state index contributed by atoms with van der Waals surface area (Å²) in [7, 11) is 0. The van der Waals surface area contributed by atoms with Gasteiger partial charge in [0, 0.05) is 16.8 Å². The number of rotatable bonds is 3. The molecule has 0 amide bonds. The molecule has 3 rings (SSSR count). The predicted octanol–water partition coefficient (Wildman–Crippen LogP) is 3.54. The first-order chi connectivity index (χ1) is 10.2. The van der Waals surface area contributed by atoms with Crippen LogP contribution in [0.3, 0.4) is 0 Å². The van der Waals surface area contributed by atoms with Crippen LogP contribution >= 0.6 is 23.8 Å². The first kappa shape index (κ1) is 13.7. The van der Waals surface area contributed by atoms with Crippen LogP contribution < -0.4 is 0 Å². The molecule has 0 aliphatic rings. The molecule has 1 aromatic carbocycles. The largest absolute Gasteiger partial charge is 0.255 e. The molecule has 0 aliphatic carbocycles. The molecule has 3 aromatic rings. The molecule has 0 saturated carbocycles. The van der Waals surface area contributed by atoms with Crippen LogP contribution in [0.2, 0.25) is 5.02 Å². The number of aromatic nitrogens is 4. The van der Waals surface area contributed by atoms with Crippen molar-refractivity contribution in [2.45, 2.75) is 0 Å². The van der Waals surface area contributed by atoms with Gasteiger partial charge in [0.05, 0.1) is 11.9 Å². The molecule has 0 saturated heterocycles. The molecule has 0 fully saturated rings. The summed E-state index contributed by atoms with van der Waals surface area (Å²) < 4.78 is 1.94. The minimum absolute atomic E-state index is 0.400. The van der Waals surface area contributed by atoms with E-state index in [1.165, 1.54) is 4.68 Å². The number of pyridine rings is 1. The summed E-state index contributed by atoms with van der Waals surface area (Å²) in [6, 6.07) is 12.9. The van der Waals surface area contributed by atoms with Gasteiger partial charge in [0.1, 0.15) is 0 Å². The Balaban J connectivity index is 2.02.